The first kappa shape index (κ1) is 17.9. The second kappa shape index (κ2) is 8.89. The summed E-state index contributed by atoms with van der Waals surface area (Å²) in [6.45, 7) is 17.7. The molecule has 18 heavy (non-hydrogen) atoms. The Balaban J connectivity index is 4.34. The largest absolute Gasteiger partial charge is 0.383 e. The lowest BCUT2D eigenvalue weighted by atomic mass is 9.91. The van der Waals surface area contributed by atoms with Crippen LogP contribution in [0.5, 0.6) is 0 Å². The monoisotopic (exact) mass is 258 g/mol. The maximum Gasteiger partial charge on any atom is 0.0589 e. The van der Waals surface area contributed by atoms with Crippen molar-refractivity contribution < 1.29 is 4.74 Å². The van der Waals surface area contributed by atoms with Crippen LogP contribution in [0.4, 0.5) is 0 Å². The van der Waals surface area contributed by atoms with Gasteiger partial charge in [0.15, 0.2) is 0 Å². The van der Waals surface area contributed by atoms with Crippen molar-refractivity contribution in [2.24, 2.45) is 5.41 Å². The highest BCUT2D eigenvalue weighted by Crippen LogP contribution is 2.18. The van der Waals surface area contributed by atoms with Crippen LogP contribution in [0.3, 0.4) is 0 Å². The van der Waals surface area contributed by atoms with E-state index in [2.05, 4.69) is 51.8 Å². The predicted molar refractivity (Wildman–Crippen MR) is 80.1 cm³/mol. The van der Waals surface area contributed by atoms with Crippen molar-refractivity contribution in [1.82, 2.24) is 10.2 Å². The van der Waals surface area contributed by atoms with Crippen molar-refractivity contribution >= 4 is 0 Å². The summed E-state index contributed by atoms with van der Waals surface area (Å²) in [4.78, 5) is 2.55. The number of hydrogen-bond donors (Lipinski definition) is 1. The van der Waals surface area contributed by atoms with Crippen LogP contribution >= 0.6 is 0 Å². The maximum absolute atomic E-state index is 5.22. The van der Waals surface area contributed by atoms with Gasteiger partial charge in [-0.05, 0) is 18.8 Å². The highest BCUT2D eigenvalue weighted by molar-refractivity contribution is 4.79. The first-order valence-corrected chi connectivity index (χ1v) is 7.28. The van der Waals surface area contributed by atoms with Crippen molar-refractivity contribution in [2.75, 3.05) is 33.4 Å². The fraction of sp³-hybridized carbons (Fsp3) is 1.00. The Morgan fingerprint density at radius 2 is 1.83 bits per heavy atom. The Morgan fingerprint density at radius 1 is 1.22 bits per heavy atom. The van der Waals surface area contributed by atoms with Crippen LogP contribution in [-0.4, -0.2) is 50.3 Å². The van der Waals surface area contributed by atoms with Gasteiger partial charge in [0.05, 0.1) is 6.61 Å². The van der Waals surface area contributed by atoms with E-state index in [9.17, 15) is 0 Å². The van der Waals surface area contributed by atoms with Crippen molar-refractivity contribution in [3.05, 3.63) is 0 Å². The minimum Gasteiger partial charge on any atom is -0.383 e. The third-order valence-electron chi connectivity index (χ3n) is 3.42. The fourth-order valence-electron chi connectivity index (χ4n) is 2.01. The number of rotatable bonds is 10. The summed E-state index contributed by atoms with van der Waals surface area (Å²) in [5.74, 6) is 0. The molecule has 0 rings (SSSR count). The van der Waals surface area contributed by atoms with E-state index >= 15 is 0 Å². The lowest BCUT2D eigenvalue weighted by Gasteiger charge is -2.36. The molecule has 3 heteroatoms. The molecule has 0 amide bonds. The minimum atomic E-state index is 0.293. The van der Waals surface area contributed by atoms with Gasteiger partial charge < -0.3 is 10.1 Å². The number of nitrogens with one attached hydrogen (secondary N) is 1. The van der Waals surface area contributed by atoms with Crippen LogP contribution in [0.25, 0.3) is 0 Å². The van der Waals surface area contributed by atoms with E-state index in [0.29, 0.717) is 17.5 Å². The fourth-order valence-corrected chi connectivity index (χ4v) is 2.01. The highest BCUT2D eigenvalue weighted by Gasteiger charge is 2.24. The summed E-state index contributed by atoms with van der Waals surface area (Å²) in [5, 5.41) is 3.55. The van der Waals surface area contributed by atoms with E-state index in [-0.39, 0.29) is 0 Å². The lowest BCUT2D eigenvalue weighted by Crippen LogP contribution is -2.46. The summed E-state index contributed by atoms with van der Waals surface area (Å²) in [6, 6.07) is 1.18. The van der Waals surface area contributed by atoms with Crippen LogP contribution in [0.2, 0.25) is 0 Å². The van der Waals surface area contributed by atoms with Gasteiger partial charge in [0.2, 0.25) is 0 Å². The SMILES string of the molecule is CCC(C)N(CCOC)CC(C)(C)CNC(C)C. The van der Waals surface area contributed by atoms with Crippen molar-refractivity contribution in [2.45, 2.75) is 60.0 Å². The zero-order chi connectivity index (χ0) is 14.2. The molecular weight excluding hydrogens is 224 g/mol. The molecule has 0 aliphatic heterocycles. The molecule has 0 aliphatic carbocycles. The molecule has 1 unspecified atom stereocenters. The summed E-state index contributed by atoms with van der Waals surface area (Å²) in [6.07, 6.45) is 1.19. The first-order valence-electron chi connectivity index (χ1n) is 7.28. The molecule has 110 valence electrons. The zero-order valence-corrected chi connectivity index (χ0v) is 13.5. The van der Waals surface area contributed by atoms with E-state index in [1.165, 1.54) is 6.42 Å². The predicted octanol–water partition coefficient (Wildman–Crippen LogP) is 2.76. The Labute approximate surface area is 114 Å². The standard InChI is InChI=1S/C15H34N2O/c1-8-14(4)17(9-10-18-7)12-15(5,6)11-16-13(2)3/h13-14,16H,8-12H2,1-7H3. The van der Waals surface area contributed by atoms with Gasteiger partial charge >= 0.3 is 0 Å². The van der Waals surface area contributed by atoms with Gasteiger partial charge in [0.25, 0.3) is 0 Å². The van der Waals surface area contributed by atoms with E-state index in [4.69, 9.17) is 4.74 Å². The van der Waals surface area contributed by atoms with Gasteiger partial charge in [-0.25, -0.2) is 0 Å². The first-order chi connectivity index (χ1) is 8.32. The molecule has 0 fully saturated rings. The molecule has 0 aromatic rings. The van der Waals surface area contributed by atoms with Gasteiger partial charge in [-0.2, -0.15) is 0 Å². The topological polar surface area (TPSA) is 24.5 Å². The van der Waals surface area contributed by atoms with Gasteiger partial charge in [-0.1, -0.05) is 34.6 Å². The van der Waals surface area contributed by atoms with Crippen LogP contribution in [0.1, 0.15) is 48.0 Å². The van der Waals surface area contributed by atoms with Crippen molar-refractivity contribution in [1.29, 1.82) is 0 Å². The van der Waals surface area contributed by atoms with Crippen LogP contribution in [0.15, 0.2) is 0 Å². The summed E-state index contributed by atoms with van der Waals surface area (Å²) >= 11 is 0. The van der Waals surface area contributed by atoms with Gasteiger partial charge in [-0.3, -0.25) is 4.90 Å². The normalized spacial score (nSPS) is 14.5. The third kappa shape index (κ3) is 8.06. The van der Waals surface area contributed by atoms with Crippen LogP contribution in [0, 0.1) is 5.41 Å². The second-order valence-corrected chi connectivity index (χ2v) is 6.42. The summed E-state index contributed by atoms with van der Waals surface area (Å²) < 4.78 is 5.22. The molecule has 1 atom stereocenters. The molecule has 0 heterocycles. The van der Waals surface area contributed by atoms with Gasteiger partial charge in [-0.15, -0.1) is 0 Å². The molecule has 3 nitrogen and oxygen atoms in total. The minimum absolute atomic E-state index is 0.293. The molecule has 0 saturated carbocycles. The smallest absolute Gasteiger partial charge is 0.0589 e. The maximum atomic E-state index is 5.22. The summed E-state index contributed by atoms with van der Waals surface area (Å²) in [5.41, 5.74) is 0.293. The number of ether oxygens (including phenoxy) is 1. The molecule has 0 spiro atoms. The molecule has 0 bridgehead atoms. The Hall–Kier alpha value is -0.120. The Bertz CT molecular complexity index is 205. The number of methoxy groups -OCH3 is 1. The van der Waals surface area contributed by atoms with E-state index in [0.717, 1.165) is 26.2 Å². The van der Waals surface area contributed by atoms with E-state index < -0.39 is 0 Å². The Kier molecular flexibility index (Phi) is 8.83. The molecule has 0 aliphatic rings. The lowest BCUT2D eigenvalue weighted by molar-refractivity contribution is 0.0884. The zero-order valence-electron chi connectivity index (χ0n) is 13.5. The van der Waals surface area contributed by atoms with Gasteiger partial charge in [0, 0.05) is 38.8 Å². The van der Waals surface area contributed by atoms with Crippen molar-refractivity contribution in [3.63, 3.8) is 0 Å². The molecule has 0 aromatic heterocycles. The van der Waals surface area contributed by atoms with Crippen LogP contribution < -0.4 is 5.32 Å². The molecule has 1 N–H and O–H groups in total. The third-order valence-corrected chi connectivity index (χ3v) is 3.42. The molecule has 0 saturated heterocycles. The number of nitrogens with zero attached hydrogens (tertiary/aromatic N) is 1. The molecule has 0 aromatic carbocycles. The van der Waals surface area contributed by atoms with E-state index in [1.807, 2.05) is 0 Å². The second-order valence-electron chi connectivity index (χ2n) is 6.42. The average molecular weight is 258 g/mol. The molecular formula is C15H34N2O. The quantitative estimate of drug-likeness (QED) is 0.652. The average Bonchev–Trinajstić information content (AvgIpc) is 2.31. The Morgan fingerprint density at radius 3 is 2.28 bits per heavy atom. The van der Waals surface area contributed by atoms with Crippen LogP contribution in [-0.2, 0) is 4.74 Å². The number of hydrogen-bond acceptors (Lipinski definition) is 3. The van der Waals surface area contributed by atoms with Crippen molar-refractivity contribution in [3.8, 4) is 0 Å². The van der Waals surface area contributed by atoms with Gasteiger partial charge in [0.1, 0.15) is 0 Å². The summed E-state index contributed by atoms with van der Waals surface area (Å²) in [7, 11) is 1.78. The highest BCUT2D eigenvalue weighted by atomic mass is 16.5. The molecule has 0 radical (unpaired) electrons. The van der Waals surface area contributed by atoms with E-state index in [1.54, 1.807) is 7.11 Å².